The van der Waals surface area contributed by atoms with Crippen LogP contribution in [0, 0.1) is 0 Å². The molecule has 0 bridgehead atoms. The molecule has 0 aromatic carbocycles. The molecule has 0 heterocycles. The van der Waals surface area contributed by atoms with E-state index in [9.17, 15) is 9.46 Å². The Labute approximate surface area is 101 Å². The predicted octanol–water partition coefficient (Wildman–Crippen LogP) is 3.47. The van der Waals surface area contributed by atoms with Gasteiger partial charge in [0, 0.05) is 13.1 Å². The summed E-state index contributed by atoms with van der Waals surface area (Å²) in [5.41, 5.74) is 0. The van der Waals surface area contributed by atoms with Gasteiger partial charge in [0.05, 0.1) is 0 Å². The summed E-state index contributed by atoms with van der Waals surface area (Å²) in [5.74, 6) is 0. The Bertz CT molecular complexity index is 176. The van der Waals surface area contributed by atoms with Crippen molar-refractivity contribution in [3.05, 3.63) is 0 Å². The molecule has 96 valence electrons. The fourth-order valence-electron chi connectivity index (χ4n) is 1.78. The standard InChI is InChI=1S/C12H26NO2P/c1-3-5-6-7-8-9-10-11-12-13(4-2)16(14)15/h3-12H2,1-2H3. The van der Waals surface area contributed by atoms with Crippen molar-refractivity contribution in [2.75, 3.05) is 13.1 Å². The van der Waals surface area contributed by atoms with Gasteiger partial charge in [0.25, 0.3) is 0 Å². The van der Waals surface area contributed by atoms with E-state index in [1.807, 2.05) is 6.92 Å². The minimum absolute atomic E-state index is 0.606. The maximum atomic E-state index is 10.7. The molecule has 0 aliphatic carbocycles. The zero-order valence-corrected chi connectivity index (χ0v) is 11.7. The molecule has 0 N–H and O–H groups in total. The van der Waals surface area contributed by atoms with E-state index < -0.39 is 8.18 Å². The van der Waals surface area contributed by atoms with Crippen LogP contribution in [-0.2, 0) is 4.57 Å². The number of rotatable bonds is 11. The Morgan fingerprint density at radius 1 is 0.938 bits per heavy atom. The van der Waals surface area contributed by atoms with Gasteiger partial charge in [0.1, 0.15) is 0 Å². The zero-order valence-electron chi connectivity index (χ0n) is 10.8. The van der Waals surface area contributed by atoms with Gasteiger partial charge in [-0.15, -0.1) is 0 Å². The first-order valence-electron chi connectivity index (χ1n) is 6.61. The van der Waals surface area contributed by atoms with Crippen molar-refractivity contribution in [2.24, 2.45) is 0 Å². The van der Waals surface area contributed by atoms with Gasteiger partial charge < -0.3 is 4.89 Å². The van der Waals surface area contributed by atoms with Crippen molar-refractivity contribution >= 4 is 8.18 Å². The molecule has 0 aliphatic rings. The van der Waals surface area contributed by atoms with E-state index in [-0.39, 0.29) is 0 Å². The second kappa shape index (κ2) is 11.5. The van der Waals surface area contributed by atoms with Crippen LogP contribution in [-0.4, -0.2) is 17.8 Å². The highest BCUT2D eigenvalue weighted by molar-refractivity contribution is 7.33. The van der Waals surface area contributed by atoms with Crippen molar-refractivity contribution < 1.29 is 9.46 Å². The van der Waals surface area contributed by atoms with E-state index >= 15 is 0 Å². The predicted molar refractivity (Wildman–Crippen MR) is 67.5 cm³/mol. The quantitative estimate of drug-likeness (QED) is 0.415. The molecule has 0 aromatic heterocycles. The first kappa shape index (κ1) is 16.0. The summed E-state index contributed by atoms with van der Waals surface area (Å²) in [6.07, 6.45) is 10.0. The van der Waals surface area contributed by atoms with E-state index in [1.165, 1.54) is 43.2 Å². The third-order valence-corrected chi connectivity index (χ3v) is 3.81. The molecular weight excluding hydrogens is 221 g/mol. The van der Waals surface area contributed by atoms with Gasteiger partial charge in [0.15, 0.2) is 0 Å². The monoisotopic (exact) mass is 247 g/mol. The average Bonchev–Trinajstić information content (AvgIpc) is 2.26. The van der Waals surface area contributed by atoms with Crippen molar-refractivity contribution in [3.8, 4) is 0 Å². The van der Waals surface area contributed by atoms with Crippen LogP contribution in [0.4, 0.5) is 0 Å². The molecule has 16 heavy (non-hydrogen) atoms. The third kappa shape index (κ3) is 9.26. The first-order valence-corrected chi connectivity index (χ1v) is 7.74. The van der Waals surface area contributed by atoms with Crippen molar-refractivity contribution in [1.82, 2.24) is 4.67 Å². The summed E-state index contributed by atoms with van der Waals surface area (Å²) >= 11 is 0. The number of nitrogens with zero attached hydrogens (tertiary/aromatic N) is 1. The summed E-state index contributed by atoms with van der Waals surface area (Å²) in [4.78, 5) is 10.7. The highest BCUT2D eigenvalue weighted by atomic mass is 31.1. The van der Waals surface area contributed by atoms with Crippen molar-refractivity contribution in [3.63, 3.8) is 0 Å². The van der Waals surface area contributed by atoms with Crippen molar-refractivity contribution in [2.45, 2.75) is 65.2 Å². The molecule has 0 radical (unpaired) electrons. The van der Waals surface area contributed by atoms with E-state index in [1.54, 1.807) is 0 Å². The van der Waals surface area contributed by atoms with Crippen LogP contribution in [0.15, 0.2) is 0 Å². The summed E-state index contributed by atoms with van der Waals surface area (Å²) in [5, 5.41) is 0. The highest BCUT2D eigenvalue weighted by Crippen LogP contribution is 2.17. The van der Waals surface area contributed by atoms with Crippen LogP contribution < -0.4 is 4.89 Å². The molecule has 4 heteroatoms. The Kier molecular flexibility index (Phi) is 11.5. The highest BCUT2D eigenvalue weighted by Gasteiger charge is 2.13. The largest absolute Gasteiger partial charge is 0.578 e. The normalized spacial score (nSPS) is 12.1. The van der Waals surface area contributed by atoms with Gasteiger partial charge in [-0.25, -0.2) is 0 Å². The molecule has 0 aliphatic heterocycles. The van der Waals surface area contributed by atoms with Crippen molar-refractivity contribution in [1.29, 1.82) is 0 Å². The van der Waals surface area contributed by atoms with Gasteiger partial charge in [-0.2, -0.15) is 0 Å². The maximum Gasteiger partial charge on any atom is 0.411 e. The zero-order chi connectivity index (χ0) is 12.2. The van der Waals surface area contributed by atoms with Crippen LogP contribution in [0.3, 0.4) is 0 Å². The molecule has 1 atom stereocenters. The SMILES string of the molecule is CCCCCCCCCCN(CC)[P+](=O)[O-]. The van der Waals surface area contributed by atoms with Crippen LogP contribution in [0.25, 0.3) is 0 Å². The van der Waals surface area contributed by atoms with Crippen LogP contribution in [0.1, 0.15) is 65.2 Å². The summed E-state index contributed by atoms with van der Waals surface area (Å²) in [6.45, 7) is 5.42. The molecule has 3 nitrogen and oxygen atoms in total. The molecule has 0 saturated carbocycles. The number of hydrogen-bond acceptors (Lipinski definition) is 2. The van der Waals surface area contributed by atoms with Crippen LogP contribution >= 0.6 is 8.18 Å². The number of unbranched alkanes of at least 4 members (excludes halogenated alkanes) is 7. The third-order valence-electron chi connectivity index (χ3n) is 2.87. The smallest absolute Gasteiger partial charge is 0.411 e. The average molecular weight is 247 g/mol. The fraction of sp³-hybridized carbons (Fsp3) is 1.00. The lowest BCUT2D eigenvalue weighted by molar-refractivity contribution is -0.175. The molecule has 0 aromatic rings. The minimum atomic E-state index is -2.36. The Morgan fingerprint density at radius 2 is 1.44 bits per heavy atom. The molecule has 0 amide bonds. The van der Waals surface area contributed by atoms with E-state index in [0.717, 1.165) is 12.8 Å². The van der Waals surface area contributed by atoms with E-state index in [4.69, 9.17) is 0 Å². The Hall–Kier alpha value is 0.0200. The van der Waals surface area contributed by atoms with Gasteiger partial charge in [-0.3, -0.25) is 0 Å². The lowest BCUT2D eigenvalue weighted by Crippen LogP contribution is -2.20. The Morgan fingerprint density at radius 3 is 1.88 bits per heavy atom. The molecule has 0 saturated heterocycles. The molecular formula is C12H26NO2P. The summed E-state index contributed by atoms with van der Waals surface area (Å²) in [7, 11) is -2.36. The second-order valence-corrected chi connectivity index (χ2v) is 5.30. The van der Waals surface area contributed by atoms with E-state index in [0.29, 0.717) is 13.1 Å². The summed E-state index contributed by atoms with van der Waals surface area (Å²) in [6, 6.07) is 0. The van der Waals surface area contributed by atoms with Gasteiger partial charge in [0.2, 0.25) is 0 Å². The minimum Gasteiger partial charge on any atom is -0.578 e. The van der Waals surface area contributed by atoms with Gasteiger partial charge in [-0.1, -0.05) is 61.1 Å². The topological polar surface area (TPSA) is 43.4 Å². The fourth-order valence-corrected chi connectivity index (χ4v) is 2.32. The second-order valence-electron chi connectivity index (χ2n) is 4.26. The Balaban J connectivity index is 3.22. The molecule has 0 rings (SSSR count). The van der Waals surface area contributed by atoms with E-state index in [2.05, 4.69) is 6.92 Å². The molecule has 0 fully saturated rings. The first-order chi connectivity index (χ1) is 7.72. The summed E-state index contributed by atoms with van der Waals surface area (Å²) < 4.78 is 12.3. The lowest BCUT2D eigenvalue weighted by Gasteiger charge is -2.09. The van der Waals surface area contributed by atoms with Gasteiger partial charge in [-0.05, 0) is 13.3 Å². The molecule has 0 spiro atoms. The number of hydrogen-bond donors (Lipinski definition) is 0. The van der Waals surface area contributed by atoms with Crippen LogP contribution in [0.5, 0.6) is 0 Å². The van der Waals surface area contributed by atoms with Gasteiger partial charge >= 0.3 is 8.18 Å². The van der Waals surface area contributed by atoms with Crippen LogP contribution in [0.2, 0.25) is 0 Å². The molecule has 1 unspecified atom stereocenters. The lowest BCUT2D eigenvalue weighted by atomic mass is 10.1. The maximum absolute atomic E-state index is 10.7.